The lowest BCUT2D eigenvalue weighted by Crippen LogP contribution is -2.69. The zero-order valence-corrected chi connectivity index (χ0v) is 18.0. The van der Waals surface area contributed by atoms with Gasteiger partial charge in [-0.15, -0.1) is 0 Å². The molecule has 1 heterocycles. The van der Waals surface area contributed by atoms with Crippen LogP contribution >= 0.6 is 0 Å². The van der Waals surface area contributed by atoms with E-state index in [1.54, 1.807) is 0 Å². The zero-order chi connectivity index (χ0) is 15.9. The maximum atomic E-state index is 6.55. The third-order valence-corrected chi connectivity index (χ3v) is 19.3. The first-order valence-electron chi connectivity index (χ1n) is 7.29. The summed E-state index contributed by atoms with van der Waals surface area (Å²) in [6, 6.07) is 10.4. The van der Waals surface area contributed by atoms with E-state index in [0.29, 0.717) is 0 Å². The lowest BCUT2D eigenvalue weighted by Gasteiger charge is -2.48. The van der Waals surface area contributed by atoms with Crippen LogP contribution in [0.4, 0.5) is 0 Å². The van der Waals surface area contributed by atoms with Crippen LogP contribution in [0.5, 0.6) is 0 Å². The maximum absolute atomic E-state index is 6.55. The van der Waals surface area contributed by atoms with Crippen LogP contribution in [0.25, 0.3) is 0 Å². The molecular weight excluding hydrogens is 332 g/mol. The largest absolute Gasteiger partial charge is 0.469 e. The predicted molar refractivity (Wildman–Crippen MR) is 94.5 cm³/mol. The molecule has 0 unspecified atom stereocenters. The van der Waals surface area contributed by atoms with E-state index in [1.807, 2.05) is 12.6 Å². The number of hydrogen-bond donors (Lipinski definition) is 0. The Morgan fingerprint density at radius 3 is 1.76 bits per heavy atom. The fourth-order valence-corrected chi connectivity index (χ4v) is 22.7. The molecule has 1 aromatic rings. The molecule has 1 aliphatic rings. The summed E-state index contributed by atoms with van der Waals surface area (Å²) in [5.41, 5.74) is 0. The molecule has 0 amide bonds. The van der Waals surface area contributed by atoms with Crippen LogP contribution in [0.1, 0.15) is 0 Å². The minimum Gasteiger partial charge on any atom is -0.416 e. The Morgan fingerprint density at radius 1 is 0.810 bits per heavy atom. The molecule has 1 aromatic carbocycles. The van der Waals surface area contributed by atoms with Crippen LogP contribution in [0.2, 0.25) is 45.8 Å². The second kappa shape index (κ2) is 5.53. The minimum atomic E-state index is -2.67. The predicted octanol–water partition coefficient (Wildman–Crippen LogP) is 3.15. The average molecular weight is 359 g/mol. The molecule has 21 heavy (non-hydrogen) atoms. The van der Waals surface area contributed by atoms with E-state index in [-0.39, 0.29) is 0 Å². The minimum absolute atomic E-state index is 1.26. The van der Waals surface area contributed by atoms with Gasteiger partial charge in [0, 0.05) is 6.55 Å². The van der Waals surface area contributed by atoms with E-state index in [2.05, 4.69) is 63.5 Å². The second-order valence-electron chi connectivity index (χ2n) is 6.95. The van der Waals surface area contributed by atoms with Gasteiger partial charge in [-0.2, -0.15) is 0 Å². The Kier molecular flexibility index (Phi) is 4.55. The molecule has 4 nitrogen and oxygen atoms in total. The summed E-state index contributed by atoms with van der Waals surface area (Å²) in [5, 5.41) is 1.26. The molecule has 0 atom stereocenters. The van der Waals surface area contributed by atoms with E-state index in [4.69, 9.17) is 16.5 Å². The fourth-order valence-electron chi connectivity index (χ4n) is 2.95. The summed E-state index contributed by atoms with van der Waals surface area (Å²) < 4.78 is 25.1. The smallest absolute Gasteiger partial charge is 0.416 e. The van der Waals surface area contributed by atoms with Gasteiger partial charge in [0.25, 0.3) is 0 Å². The molecule has 0 bridgehead atoms. The molecule has 1 saturated heterocycles. The van der Waals surface area contributed by atoms with Crippen molar-refractivity contribution >= 4 is 39.4 Å². The lowest BCUT2D eigenvalue weighted by molar-refractivity contribution is 0.172. The monoisotopic (exact) mass is 358 g/mol. The topological polar surface area (TPSA) is 36.9 Å². The van der Waals surface area contributed by atoms with Gasteiger partial charge in [0.2, 0.25) is 8.32 Å². The average Bonchev–Trinajstić information content (AvgIpc) is 2.23. The van der Waals surface area contributed by atoms with Crippen molar-refractivity contribution < 1.29 is 16.5 Å². The van der Waals surface area contributed by atoms with Gasteiger partial charge in [-0.25, -0.2) is 0 Å². The van der Waals surface area contributed by atoms with Crippen molar-refractivity contribution in [3.63, 3.8) is 0 Å². The van der Waals surface area contributed by atoms with Gasteiger partial charge < -0.3 is 16.5 Å². The Bertz CT molecular complexity index is 488. The molecule has 0 radical (unpaired) electrons. The van der Waals surface area contributed by atoms with Gasteiger partial charge in [0.05, 0.1) is 0 Å². The molecule has 0 spiro atoms. The van der Waals surface area contributed by atoms with Gasteiger partial charge in [-0.1, -0.05) is 30.3 Å². The van der Waals surface area contributed by atoms with Gasteiger partial charge in [0.1, 0.15) is 0 Å². The second-order valence-corrected chi connectivity index (χ2v) is 21.1. The fraction of sp³-hybridized carbons (Fsp3) is 0.538. The lowest BCUT2D eigenvalue weighted by atomic mass is 10.4. The van der Waals surface area contributed by atoms with Crippen molar-refractivity contribution in [1.82, 2.24) is 0 Å². The standard InChI is InChI=1S/C13H26O4Si4/c1-18(2,13-11-9-8-10-12-13)14-21(7)16-19(3,4)15-20(5,6)17-21/h8-12H,1-7H3. The van der Waals surface area contributed by atoms with Crippen molar-refractivity contribution in [1.29, 1.82) is 0 Å². The maximum Gasteiger partial charge on any atom is 0.469 e. The first-order chi connectivity index (χ1) is 9.43. The quantitative estimate of drug-likeness (QED) is 0.778. The Balaban J connectivity index is 2.24. The van der Waals surface area contributed by atoms with E-state index in [0.717, 1.165) is 0 Å². The van der Waals surface area contributed by atoms with Crippen molar-refractivity contribution in [3.05, 3.63) is 30.3 Å². The molecule has 1 fully saturated rings. The van der Waals surface area contributed by atoms with Crippen LogP contribution in [0.15, 0.2) is 30.3 Å². The van der Waals surface area contributed by atoms with Crippen molar-refractivity contribution in [2.24, 2.45) is 0 Å². The highest BCUT2D eigenvalue weighted by Gasteiger charge is 2.56. The number of hydrogen-bond acceptors (Lipinski definition) is 4. The van der Waals surface area contributed by atoms with Gasteiger partial charge in [-0.3, -0.25) is 0 Å². The first-order valence-corrected chi connectivity index (χ1v) is 18.1. The molecule has 118 valence electrons. The third-order valence-electron chi connectivity index (χ3n) is 3.26. The van der Waals surface area contributed by atoms with Crippen LogP contribution in [0, 0.1) is 0 Å². The van der Waals surface area contributed by atoms with Gasteiger partial charge in [0.15, 0.2) is 0 Å². The van der Waals surface area contributed by atoms with Crippen molar-refractivity contribution in [2.75, 3.05) is 0 Å². The highest BCUT2D eigenvalue weighted by atomic mass is 28.5. The van der Waals surface area contributed by atoms with E-state index < -0.39 is 34.2 Å². The van der Waals surface area contributed by atoms with Crippen LogP contribution in [-0.4, -0.2) is 34.2 Å². The first kappa shape index (κ1) is 17.3. The molecule has 1 aliphatic heterocycles. The molecule has 0 N–H and O–H groups in total. The third kappa shape index (κ3) is 4.45. The Morgan fingerprint density at radius 2 is 1.29 bits per heavy atom. The number of rotatable bonds is 3. The zero-order valence-electron chi connectivity index (χ0n) is 14.0. The van der Waals surface area contributed by atoms with Gasteiger partial charge in [-0.05, 0) is 44.5 Å². The van der Waals surface area contributed by atoms with E-state index in [1.165, 1.54) is 5.19 Å². The summed E-state index contributed by atoms with van der Waals surface area (Å²) in [6.07, 6.45) is 0. The SMILES string of the molecule is C[Si]1(C)O[Si](C)(C)O[Si](C)(O[Si](C)(C)c2ccccc2)O1. The van der Waals surface area contributed by atoms with Gasteiger partial charge >= 0.3 is 25.9 Å². The molecular formula is C13H26O4Si4. The number of benzene rings is 1. The van der Waals surface area contributed by atoms with Crippen LogP contribution in [0.3, 0.4) is 0 Å². The summed E-state index contributed by atoms with van der Waals surface area (Å²) in [6.45, 7) is 14.7. The van der Waals surface area contributed by atoms with E-state index in [9.17, 15) is 0 Å². The molecule has 0 aromatic heterocycles. The highest BCUT2D eigenvalue weighted by Crippen LogP contribution is 2.32. The van der Waals surface area contributed by atoms with Crippen LogP contribution in [-0.2, 0) is 16.5 Å². The molecule has 2 rings (SSSR count). The summed E-state index contributed by atoms with van der Waals surface area (Å²) in [5.74, 6) is 0. The normalized spacial score (nSPS) is 23.8. The molecule has 0 saturated carbocycles. The summed E-state index contributed by atoms with van der Waals surface area (Å²) in [7, 11) is -9.06. The van der Waals surface area contributed by atoms with Crippen molar-refractivity contribution in [3.8, 4) is 0 Å². The summed E-state index contributed by atoms with van der Waals surface area (Å²) >= 11 is 0. The van der Waals surface area contributed by atoms with Crippen LogP contribution < -0.4 is 5.19 Å². The summed E-state index contributed by atoms with van der Waals surface area (Å²) in [4.78, 5) is 0. The Hall–Kier alpha value is -0.0725. The Labute approximate surface area is 132 Å². The molecule has 8 heteroatoms. The highest BCUT2D eigenvalue weighted by molar-refractivity contribution is 6.96. The van der Waals surface area contributed by atoms with E-state index >= 15 is 0 Å². The molecule has 0 aliphatic carbocycles. The van der Waals surface area contributed by atoms with Crippen molar-refractivity contribution in [2.45, 2.75) is 45.8 Å².